The second-order valence-corrected chi connectivity index (χ2v) is 3.51. The molecule has 1 amide bonds. The third-order valence-corrected chi connectivity index (χ3v) is 2.35. The van der Waals surface area contributed by atoms with Crippen molar-refractivity contribution in [3.05, 3.63) is 0 Å². The lowest BCUT2D eigenvalue weighted by Gasteiger charge is -2.22. The zero-order valence-electron chi connectivity index (χ0n) is 9.28. The Morgan fingerprint density at radius 1 is 1.60 bits per heavy atom. The van der Waals surface area contributed by atoms with Crippen LogP contribution in [0.1, 0.15) is 26.7 Å². The third kappa shape index (κ3) is 3.20. The van der Waals surface area contributed by atoms with E-state index in [0.29, 0.717) is 13.2 Å². The Morgan fingerprint density at radius 3 is 2.93 bits per heavy atom. The molecule has 1 unspecified atom stereocenters. The molecule has 5 heteroatoms. The minimum atomic E-state index is -0.337. The maximum absolute atomic E-state index is 11.5. The lowest BCUT2D eigenvalue weighted by atomic mass is 10.2. The third-order valence-electron chi connectivity index (χ3n) is 2.35. The van der Waals surface area contributed by atoms with E-state index in [4.69, 9.17) is 4.74 Å². The fourth-order valence-corrected chi connectivity index (χ4v) is 1.67. The second kappa shape index (κ2) is 5.70. The zero-order valence-corrected chi connectivity index (χ0v) is 9.28. The number of carbonyl (C=O) groups excluding carboxylic acids is 2. The number of amides is 1. The largest absolute Gasteiger partial charge is 0.465 e. The SMILES string of the molecule is CCCC1NCC(=O)N1CC(=O)OCC. The predicted molar refractivity (Wildman–Crippen MR) is 55.0 cm³/mol. The van der Waals surface area contributed by atoms with E-state index in [1.54, 1.807) is 11.8 Å². The number of esters is 1. The minimum Gasteiger partial charge on any atom is -0.465 e. The van der Waals surface area contributed by atoms with Crippen LogP contribution in [0, 0.1) is 0 Å². The van der Waals surface area contributed by atoms with Crippen LogP contribution < -0.4 is 5.32 Å². The van der Waals surface area contributed by atoms with Gasteiger partial charge in [-0.2, -0.15) is 0 Å². The van der Waals surface area contributed by atoms with Gasteiger partial charge in [0.25, 0.3) is 0 Å². The van der Waals surface area contributed by atoms with Gasteiger partial charge < -0.3 is 9.64 Å². The summed E-state index contributed by atoms with van der Waals surface area (Å²) in [5.41, 5.74) is 0. The Hall–Kier alpha value is -1.10. The summed E-state index contributed by atoms with van der Waals surface area (Å²) in [7, 11) is 0. The van der Waals surface area contributed by atoms with Crippen LogP contribution in [0.3, 0.4) is 0 Å². The van der Waals surface area contributed by atoms with Gasteiger partial charge in [0.1, 0.15) is 6.54 Å². The average Bonchev–Trinajstić information content (AvgIpc) is 2.51. The quantitative estimate of drug-likeness (QED) is 0.660. The van der Waals surface area contributed by atoms with Crippen LogP contribution in [0.2, 0.25) is 0 Å². The van der Waals surface area contributed by atoms with Gasteiger partial charge in [0.15, 0.2) is 0 Å². The summed E-state index contributed by atoms with van der Waals surface area (Å²) in [6.07, 6.45) is 1.84. The molecule has 0 bridgehead atoms. The molecule has 0 aliphatic carbocycles. The molecule has 0 aromatic rings. The molecule has 0 spiro atoms. The monoisotopic (exact) mass is 214 g/mol. The van der Waals surface area contributed by atoms with E-state index in [0.717, 1.165) is 12.8 Å². The van der Waals surface area contributed by atoms with Crippen LogP contribution in [0.5, 0.6) is 0 Å². The average molecular weight is 214 g/mol. The fourth-order valence-electron chi connectivity index (χ4n) is 1.67. The van der Waals surface area contributed by atoms with Gasteiger partial charge >= 0.3 is 5.97 Å². The Morgan fingerprint density at radius 2 is 2.33 bits per heavy atom. The molecule has 15 heavy (non-hydrogen) atoms. The Labute approximate surface area is 89.8 Å². The van der Waals surface area contributed by atoms with E-state index in [2.05, 4.69) is 5.32 Å². The second-order valence-electron chi connectivity index (χ2n) is 3.51. The number of rotatable bonds is 5. The highest BCUT2D eigenvalue weighted by Crippen LogP contribution is 2.10. The van der Waals surface area contributed by atoms with Gasteiger partial charge in [0.2, 0.25) is 5.91 Å². The van der Waals surface area contributed by atoms with Crippen LogP contribution in [0.4, 0.5) is 0 Å². The van der Waals surface area contributed by atoms with Gasteiger partial charge in [-0.1, -0.05) is 13.3 Å². The lowest BCUT2D eigenvalue weighted by Crippen LogP contribution is -2.41. The van der Waals surface area contributed by atoms with Crippen molar-refractivity contribution >= 4 is 11.9 Å². The van der Waals surface area contributed by atoms with Crippen molar-refractivity contribution in [2.45, 2.75) is 32.9 Å². The molecule has 1 N–H and O–H groups in total. The molecule has 1 aliphatic heterocycles. The molecular formula is C10H18N2O3. The highest BCUT2D eigenvalue weighted by Gasteiger charge is 2.31. The molecule has 0 aromatic heterocycles. The van der Waals surface area contributed by atoms with Gasteiger partial charge in [0.05, 0.1) is 19.3 Å². The van der Waals surface area contributed by atoms with E-state index in [1.165, 1.54) is 0 Å². The molecule has 0 radical (unpaired) electrons. The molecule has 5 nitrogen and oxygen atoms in total. The van der Waals surface area contributed by atoms with Gasteiger partial charge in [0, 0.05) is 0 Å². The molecule has 0 aromatic carbocycles. The first-order valence-corrected chi connectivity index (χ1v) is 5.37. The molecular weight excluding hydrogens is 196 g/mol. The molecule has 1 rings (SSSR count). The van der Waals surface area contributed by atoms with Crippen molar-refractivity contribution in [2.75, 3.05) is 19.7 Å². The summed E-state index contributed by atoms with van der Waals surface area (Å²) in [4.78, 5) is 24.3. The summed E-state index contributed by atoms with van der Waals surface area (Å²) in [6.45, 7) is 4.54. The fraction of sp³-hybridized carbons (Fsp3) is 0.800. The highest BCUT2D eigenvalue weighted by molar-refractivity contribution is 5.85. The van der Waals surface area contributed by atoms with Gasteiger partial charge in [-0.05, 0) is 13.3 Å². The summed E-state index contributed by atoms with van der Waals surface area (Å²) >= 11 is 0. The van der Waals surface area contributed by atoms with E-state index >= 15 is 0 Å². The number of carbonyl (C=O) groups is 2. The number of ether oxygens (including phenoxy) is 1. The van der Waals surface area contributed by atoms with E-state index in [-0.39, 0.29) is 24.6 Å². The van der Waals surface area contributed by atoms with Gasteiger partial charge in [-0.3, -0.25) is 14.9 Å². The maximum atomic E-state index is 11.5. The van der Waals surface area contributed by atoms with Crippen LogP contribution in [0.15, 0.2) is 0 Å². The maximum Gasteiger partial charge on any atom is 0.325 e. The summed E-state index contributed by atoms with van der Waals surface area (Å²) < 4.78 is 4.82. The van der Waals surface area contributed by atoms with E-state index in [9.17, 15) is 9.59 Å². The van der Waals surface area contributed by atoms with Crippen molar-refractivity contribution in [1.29, 1.82) is 0 Å². The van der Waals surface area contributed by atoms with Crippen LogP contribution >= 0.6 is 0 Å². The van der Waals surface area contributed by atoms with Crippen LogP contribution in [-0.2, 0) is 14.3 Å². The molecule has 1 atom stereocenters. The number of hydrogen-bond donors (Lipinski definition) is 1. The Balaban J connectivity index is 2.48. The molecule has 1 heterocycles. The minimum absolute atomic E-state index is 0.00749. The van der Waals surface area contributed by atoms with Gasteiger partial charge in [-0.25, -0.2) is 0 Å². The molecule has 86 valence electrons. The smallest absolute Gasteiger partial charge is 0.325 e. The first kappa shape index (κ1) is 12.0. The highest BCUT2D eigenvalue weighted by atomic mass is 16.5. The Kier molecular flexibility index (Phi) is 4.55. The van der Waals surface area contributed by atoms with Crippen molar-refractivity contribution in [3.63, 3.8) is 0 Å². The molecule has 1 aliphatic rings. The normalized spacial score (nSPS) is 20.8. The topological polar surface area (TPSA) is 58.6 Å². The molecule has 1 fully saturated rings. The Bertz CT molecular complexity index is 243. The summed E-state index contributed by atoms with van der Waals surface area (Å²) in [6, 6.07) is 0. The summed E-state index contributed by atoms with van der Waals surface area (Å²) in [5, 5.41) is 3.07. The number of hydrogen-bond acceptors (Lipinski definition) is 4. The van der Waals surface area contributed by atoms with Crippen molar-refractivity contribution in [1.82, 2.24) is 10.2 Å². The summed E-state index contributed by atoms with van der Waals surface area (Å²) in [5.74, 6) is -0.364. The van der Waals surface area contributed by atoms with Crippen molar-refractivity contribution < 1.29 is 14.3 Å². The molecule has 0 saturated carbocycles. The standard InChI is InChI=1S/C10H18N2O3/c1-3-5-8-11-6-9(13)12(8)7-10(14)15-4-2/h8,11H,3-7H2,1-2H3. The zero-order chi connectivity index (χ0) is 11.3. The van der Waals surface area contributed by atoms with E-state index < -0.39 is 0 Å². The predicted octanol–water partition coefficient (Wildman–Crippen LogP) is 0.107. The van der Waals surface area contributed by atoms with Crippen LogP contribution in [-0.4, -0.2) is 42.6 Å². The van der Waals surface area contributed by atoms with Crippen molar-refractivity contribution in [3.8, 4) is 0 Å². The first-order valence-electron chi connectivity index (χ1n) is 5.37. The number of nitrogens with zero attached hydrogens (tertiary/aromatic N) is 1. The molecule has 1 saturated heterocycles. The van der Waals surface area contributed by atoms with Crippen molar-refractivity contribution in [2.24, 2.45) is 0 Å². The first-order chi connectivity index (χ1) is 7.19. The van der Waals surface area contributed by atoms with E-state index in [1.807, 2.05) is 6.92 Å². The van der Waals surface area contributed by atoms with Crippen LogP contribution in [0.25, 0.3) is 0 Å². The lowest BCUT2D eigenvalue weighted by molar-refractivity contribution is -0.148. The number of nitrogens with one attached hydrogen (secondary N) is 1. The van der Waals surface area contributed by atoms with Gasteiger partial charge in [-0.15, -0.1) is 0 Å².